The first-order valence-corrected chi connectivity index (χ1v) is 10.6. The highest BCUT2D eigenvalue weighted by atomic mass is 35.5. The Balaban J connectivity index is 1.64. The van der Waals surface area contributed by atoms with Crippen LogP contribution in [0.1, 0.15) is 43.1 Å². The number of aliphatic carboxylic acids is 1. The average molecular weight is 429 g/mol. The topological polar surface area (TPSA) is 60.9 Å². The van der Waals surface area contributed by atoms with Crippen molar-refractivity contribution < 1.29 is 14.7 Å². The van der Waals surface area contributed by atoms with Crippen molar-refractivity contribution in [2.45, 2.75) is 38.6 Å². The molecule has 1 saturated heterocycles. The van der Waals surface area contributed by atoms with Gasteiger partial charge in [-0.1, -0.05) is 62.7 Å². The van der Waals surface area contributed by atoms with E-state index in [2.05, 4.69) is 25.7 Å². The molecule has 1 heterocycles. The van der Waals surface area contributed by atoms with Crippen LogP contribution in [0.4, 0.5) is 5.69 Å². The summed E-state index contributed by atoms with van der Waals surface area (Å²) in [6, 6.07) is 14.4. The smallest absolute Gasteiger partial charge is 0.321 e. The third-order valence-electron chi connectivity index (χ3n) is 5.67. The Bertz CT molecular complexity index is 897. The fourth-order valence-electron chi connectivity index (χ4n) is 3.79. The quantitative estimate of drug-likeness (QED) is 0.687. The van der Waals surface area contributed by atoms with Gasteiger partial charge >= 0.3 is 5.97 Å². The normalized spacial score (nSPS) is 16.3. The van der Waals surface area contributed by atoms with Gasteiger partial charge in [0.1, 0.15) is 6.04 Å². The van der Waals surface area contributed by atoms with E-state index >= 15 is 0 Å². The molecule has 1 aliphatic heterocycles. The van der Waals surface area contributed by atoms with Gasteiger partial charge in [-0.3, -0.25) is 14.5 Å². The summed E-state index contributed by atoms with van der Waals surface area (Å²) in [6.07, 6.45) is -0.0264. The number of hydrogen-bond donors (Lipinski definition) is 1. The summed E-state index contributed by atoms with van der Waals surface area (Å²) in [5, 5.41) is 10.4. The number of hydrogen-bond acceptors (Lipinski definition) is 4. The molecule has 1 fully saturated rings. The monoisotopic (exact) mass is 428 g/mol. The minimum Gasteiger partial charge on any atom is -0.480 e. The van der Waals surface area contributed by atoms with Gasteiger partial charge in [0.05, 0.1) is 0 Å². The molecule has 0 saturated carbocycles. The molecule has 1 unspecified atom stereocenters. The number of carbonyl (C=O) groups is 2. The van der Waals surface area contributed by atoms with Gasteiger partial charge in [-0.2, -0.15) is 0 Å². The molecule has 0 aromatic heterocycles. The third kappa shape index (κ3) is 5.41. The second-order valence-corrected chi connectivity index (χ2v) is 9.25. The van der Waals surface area contributed by atoms with Crippen LogP contribution in [-0.4, -0.2) is 54.0 Å². The molecule has 0 spiro atoms. The van der Waals surface area contributed by atoms with Gasteiger partial charge in [-0.05, 0) is 29.2 Å². The van der Waals surface area contributed by atoms with Crippen molar-refractivity contribution in [1.82, 2.24) is 4.90 Å². The largest absolute Gasteiger partial charge is 0.480 e. The van der Waals surface area contributed by atoms with Crippen LogP contribution >= 0.6 is 11.6 Å². The van der Waals surface area contributed by atoms with Crippen molar-refractivity contribution in [3.05, 3.63) is 64.7 Å². The van der Waals surface area contributed by atoms with E-state index in [1.807, 2.05) is 41.3 Å². The second-order valence-electron chi connectivity index (χ2n) is 8.81. The van der Waals surface area contributed by atoms with E-state index in [1.165, 1.54) is 0 Å². The number of Topliss-reactive ketones (excluding diaryl/α,β-unsaturated/α-hetero) is 1. The summed E-state index contributed by atoms with van der Waals surface area (Å²) in [5.41, 5.74) is 2.75. The van der Waals surface area contributed by atoms with Crippen LogP contribution in [0.2, 0.25) is 5.02 Å². The molecule has 0 amide bonds. The van der Waals surface area contributed by atoms with E-state index in [0.717, 1.165) is 11.3 Å². The van der Waals surface area contributed by atoms with Gasteiger partial charge in [0.2, 0.25) is 0 Å². The number of halogens is 1. The minimum atomic E-state index is -0.953. The Labute approximate surface area is 183 Å². The van der Waals surface area contributed by atoms with Gasteiger partial charge in [-0.25, -0.2) is 0 Å². The van der Waals surface area contributed by atoms with Crippen molar-refractivity contribution in [3.63, 3.8) is 0 Å². The number of rotatable bonds is 6. The number of carboxylic acids is 1. The van der Waals surface area contributed by atoms with Crippen molar-refractivity contribution in [3.8, 4) is 0 Å². The molecule has 0 bridgehead atoms. The van der Waals surface area contributed by atoms with E-state index in [0.29, 0.717) is 36.8 Å². The fraction of sp³-hybridized carbons (Fsp3) is 0.417. The maximum Gasteiger partial charge on any atom is 0.321 e. The lowest BCUT2D eigenvalue weighted by Crippen LogP contribution is -2.53. The molecule has 2 aromatic carbocycles. The number of benzene rings is 2. The van der Waals surface area contributed by atoms with Gasteiger partial charge in [0.25, 0.3) is 0 Å². The van der Waals surface area contributed by atoms with Crippen LogP contribution in [0.5, 0.6) is 0 Å². The van der Waals surface area contributed by atoms with Crippen molar-refractivity contribution in [2.24, 2.45) is 0 Å². The number of carboxylic acid groups (broad SMARTS) is 1. The van der Waals surface area contributed by atoms with Crippen LogP contribution < -0.4 is 4.90 Å². The highest BCUT2D eigenvalue weighted by Gasteiger charge is 2.31. The molecule has 3 rings (SSSR count). The first kappa shape index (κ1) is 22.3. The highest BCUT2D eigenvalue weighted by molar-refractivity contribution is 6.30. The molecule has 0 radical (unpaired) electrons. The van der Waals surface area contributed by atoms with Crippen LogP contribution in [0.25, 0.3) is 0 Å². The number of piperazine rings is 1. The summed E-state index contributed by atoms with van der Waals surface area (Å²) in [6.45, 7) is 8.91. The SMILES string of the molecule is CC(C)(C)c1ccc(C(=O)CC(C(=O)O)N2CCN(c3cccc(Cl)c3)CC2)cc1. The molecule has 0 aliphatic carbocycles. The molecule has 160 valence electrons. The standard InChI is InChI=1S/C24H29ClN2O3/c1-24(2,3)18-9-7-17(8-10-18)22(28)16-21(23(29)30)27-13-11-26(12-14-27)20-6-4-5-19(25)15-20/h4-10,15,21H,11-14,16H2,1-3H3,(H,29,30). The van der Waals surface area contributed by atoms with E-state index in [1.54, 1.807) is 12.1 Å². The number of carbonyl (C=O) groups excluding carboxylic acids is 1. The molecule has 6 heteroatoms. The highest BCUT2D eigenvalue weighted by Crippen LogP contribution is 2.24. The van der Waals surface area contributed by atoms with Gasteiger partial charge in [-0.15, -0.1) is 0 Å². The van der Waals surface area contributed by atoms with Crippen molar-refractivity contribution in [1.29, 1.82) is 0 Å². The lowest BCUT2D eigenvalue weighted by molar-refractivity contribution is -0.143. The van der Waals surface area contributed by atoms with E-state index in [4.69, 9.17) is 11.6 Å². The van der Waals surface area contributed by atoms with Crippen LogP contribution in [0.3, 0.4) is 0 Å². The average Bonchev–Trinajstić information content (AvgIpc) is 2.71. The summed E-state index contributed by atoms with van der Waals surface area (Å²) in [4.78, 5) is 28.8. The molecule has 1 atom stereocenters. The Hall–Kier alpha value is -2.37. The van der Waals surface area contributed by atoms with E-state index in [9.17, 15) is 14.7 Å². The molecule has 30 heavy (non-hydrogen) atoms. The van der Waals surface area contributed by atoms with Crippen molar-refractivity contribution >= 4 is 29.0 Å². The molecular formula is C24H29ClN2O3. The van der Waals surface area contributed by atoms with Crippen LogP contribution in [0, 0.1) is 0 Å². The summed E-state index contributed by atoms with van der Waals surface area (Å²) in [7, 11) is 0. The minimum absolute atomic E-state index is 0.00777. The van der Waals surface area contributed by atoms with E-state index in [-0.39, 0.29) is 17.6 Å². The van der Waals surface area contributed by atoms with Gasteiger partial charge in [0.15, 0.2) is 5.78 Å². The Morgan fingerprint density at radius 1 is 1.03 bits per heavy atom. The first-order chi connectivity index (χ1) is 14.1. The molecule has 1 N–H and O–H groups in total. The predicted octanol–water partition coefficient (Wildman–Crippen LogP) is 4.49. The predicted molar refractivity (Wildman–Crippen MR) is 121 cm³/mol. The Kier molecular flexibility index (Phi) is 6.84. The third-order valence-corrected chi connectivity index (χ3v) is 5.90. The lowest BCUT2D eigenvalue weighted by atomic mass is 9.86. The first-order valence-electron chi connectivity index (χ1n) is 10.3. The maximum atomic E-state index is 12.8. The number of anilines is 1. The Morgan fingerprint density at radius 2 is 1.67 bits per heavy atom. The number of ketones is 1. The maximum absolute atomic E-state index is 12.8. The molecular weight excluding hydrogens is 400 g/mol. The number of nitrogens with zero attached hydrogens (tertiary/aromatic N) is 2. The zero-order valence-corrected chi connectivity index (χ0v) is 18.5. The zero-order valence-electron chi connectivity index (χ0n) is 17.8. The summed E-state index contributed by atoms with van der Waals surface area (Å²) < 4.78 is 0. The van der Waals surface area contributed by atoms with Crippen LogP contribution in [-0.2, 0) is 10.2 Å². The summed E-state index contributed by atoms with van der Waals surface area (Å²) in [5.74, 6) is -1.09. The molecule has 2 aromatic rings. The molecule has 1 aliphatic rings. The summed E-state index contributed by atoms with van der Waals surface area (Å²) >= 11 is 6.08. The van der Waals surface area contributed by atoms with Crippen molar-refractivity contribution in [2.75, 3.05) is 31.1 Å². The lowest BCUT2D eigenvalue weighted by Gasteiger charge is -2.38. The zero-order chi connectivity index (χ0) is 21.9. The fourth-order valence-corrected chi connectivity index (χ4v) is 3.97. The second kappa shape index (κ2) is 9.19. The van der Waals surface area contributed by atoms with Crippen LogP contribution in [0.15, 0.2) is 48.5 Å². The molecule has 5 nitrogen and oxygen atoms in total. The van der Waals surface area contributed by atoms with Gasteiger partial charge < -0.3 is 10.0 Å². The van der Waals surface area contributed by atoms with Gasteiger partial charge in [0, 0.05) is 48.9 Å². The Morgan fingerprint density at radius 3 is 2.20 bits per heavy atom. The van der Waals surface area contributed by atoms with E-state index < -0.39 is 12.0 Å².